The van der Waals surface area contributed by atoms with Gasteiger partial charge in [-0.05, 0) is 39.7 Å². The third-order valence-electron chi connectivity index (χ3n) is 3.11. The van der Waals surface area contributed by atoms with Gasteiger partial charge in [-0.25, -0.2) is 0 Å². The fraction of sp³-hybridized carbons (Fsp3) is 1.00. The van der Waals surface area contributed by atoms with E-state index in [1.165, 1.54) is 19.5 Å². The molecule has 0 aliphatic rings. The van der Waals surface area contributed by atoms with Gasteiger partial charge in [-0.15, -0.1) is 0 Å². The minimum Gasteiger partial charge on any atom is -0.313 e. The molecule has 0 radical (unpaired) electrons. The van der Waals surface area contributed by atoms with Crippen LogP contribution in [0.3, 0.4) is 0 Å². The van der Waals surface area contributed by atoms with Crippen molar-refractivity contribution >= 4 is 0 Å². The Bertz CT molecular complexity index is 143. The number of nitrogens with one attached hydrogen (secondary N) is 1. The summed E-state index contributed by atoms with van der Waals surface area (Å²) in [5.74, 6) is 0.726. The number of hydrogen-bond acceptors (Lipinski definition) is 2. The molecule has 0 saturated heterocycles. The second-order valence-corrected chi connectivity index (χ2v) is 5.12. The number of rotatable bonds is 8. The van der Waals surface area contributed by atoms with Gasteiger partial charge < -0.3 is 5.32 Å². The Balaban J connectivity index is 3.70. The fourth-order valence-corrected chi connectivity index (χ4v) is 1.59. The van der Waals surface area contributed by atoms with Crippen LogP contribution in [-0.2, 0) is 0 Å². The van der Waals surface area contributed by atoms with E-state index in [4.69, 9.17) is 0 Å². The molecule has 0 aromatic rings. The standard InChI is InChI=1S/C13H30N2/c1-7-9-15(12(4)5)10-8-14-13(6)11(2)3/h11-14H,7-10H2,1-6H3. The third kappa shape index (κ3) is 6.91. The average molecular weight is 214 g/mol. The number of hydrogen-bond donors (Lipinski definition) is 1. The molecule has 15 heavy (non-hydrogen) atoms. The maximum absolute atomic E-state index is 3.58. The van der Waals surface area contributed by atoms with E-state index in [1.807, 2.05) is 0 Å². The molecule has 0 saturated carbocycles. The summed E-state index contributed by atoms with van der Waals surface area (Å²) in [6.07, 6.45) is 1.25. The van der Waals surface area contributed by atoms with Gasteiger partial charge in [0, 0.05) is 25.2 Å². The fourth-order valence-electron chi connectivity index (χ4n) is 1.59. The zero-order chi connectivity index (χ0) is 11.8. The van der Waals surface area contributed by atoms with Crippen molar-refractivity contribution in [3.05, 3.63) is 0 Å². The average Bonchev–Trinajstić information content (AvgIpc) is 2.15. The van der Waals surface area contributed by atoms with Gasteiger partial charge in [0.1, 0.15) is 0 Å². The van der Waals surface area contributed by atoms with Gasteiger partial charge in [0.05, 0.1) is 0 Å². The highest BCUT2D eigenvalue weighted by molar-refractivity contribution is 4.68. The molecule has 2 heteroatoms. The van der Waals surface area contributed by atoms with Crippen LogP contribution in [-0.4, -0.2) is 36.6 Å². The molecule has 0 fully saturated rings. The van der Waals surface area contributed by atoms with Crippen molar-refractivity contribution in [2.24, 2.45) is 5.92 Å². The monoisotopic (exact) mass is 214 g/mol. The smallest absolute Gasteiger partial charge is 0.0110 e. The molecule has 1 atom stereocenters. The van der Waals surface area contributed by atoms with Gasteiger partial charge in [0.25, 0.3) is 0 Å². The summed E-state index contributed by atoms with van der Waals surface area (Å²) in [5.41, 5.74) is 0. The molecule has 2 nitrogen and oxygen atoms in total. The van der Waals surface area contributed by atoms with Gasteiger partial charge in [0.15, 0.2) is 0 Å². The van der Waals surface area contributed by atoms with Crippen LogP contribution in [0.15, 0.2) is 0 Å². The highest BCUT2D eigenvalue weighted by Crippen LogP contribution is 2.01. The zero-order valence-corrected chi connectivity index (χ0v) is 11.5. The molecule has 0 aliphatic carbocycles. The summed E-state index contributed by atoms with van der Waals surface area (Å²) >= 11 is 0. The topological polar surface area (TPSA) is 15.3 Å². The lowest BCUT2D eigenvalue weighted by Gasteiger charge is -2.27. The first-order chi connectivity index (χ1) is 6.99. The Morgan fingerprint density at radius 3 is 2.00 bits per heavy atom. The van der Waals surface area contributed by atoms with Crippen LogP contribution in [0.25, 0.3) is 0 Å². The molecule has 0 aromatic heterocycles. The van der Waals surface area contributed by atoms with Crippen molar-refractivity contribution in [3.63, 3.8) is 0 Å². The zero-order valence-electron chi connectivity index (χ0n) is 11.5. The third-order valence-corrected chi connectivity index (χ3v) is 3.11. The lowest BCUT2D eigenvalue weighted by molar-refractivity contribution is 0.217. The summed E-state index contributed by atoms with van der Waals surface area (Å²) in [7, 11) is 0. The number of nitrogens with zero attached hydrogens (tertiary/aromatic N) is 1. The van der Waals surface area contributed by atoms with E-state index >= 15 is 0 Å². The van der Waals surface area contributed by atoms with Crippen LogP contribution in [0.2, 0.25) is 0 Å². The highest BCUT2D eigenvalue weighted by Gasteiger charge is 2.09. The van der Waals surface area contributed by atoms with Crippen molar-refractivity contribution < 1.29 is 0 Å². The minimum atomic E-state index is 0.626. The molecular weight excluding hydrogens is 184 g/mol. The first-order valence-electron chi connectivity index (χ1n) is 6.46. The van der Waals surface area contributed by atoms with Crippen LogP contribution in [0.4, 0.5) is 0 Å². The van der Waals surface area contributed by atoms with E-state index in [2.05, 4.69) is 51.8 Å². The summed E-state index contributed by atoms with van der Waals surface area (Å²) in [6.45, 7) is 17.1. The first kappa shape index (κ1) is 14.9. The quantitative estimate of drug-likeness (QED) is 0.668. The summed E-state index contributed by atoms with van der Waals surface area (Å²) in [6, 6.07) is 1.29. The minimum absolute atomic E-state index is 0.626. The van der Waals surface area contributed by atoms with Gasteiger partial charge in [-0.1, -0.05) is 20.8 Å². The highest BCUT2D eigenvalue weighted by atomic mass is 15.2. The molecule has 0 aromatic carbocycles. The summed E-state index contributed by atoms with van der Waals surface area (Å²) < 4.78 is 0. The normalized spacial score (nSPS) is 14.2. The molecule has 0 heterocycles. The maximum Gasteiger partial charge on any atom is 0.0110 e. The molecular formula is C13H30N2. The lowest BCUT2D eigenvalue weighted by Crippen LogP contribution is -2.41. The second-order valence-electron chi connectivity index (χ2n) is 5.12. The molecule has 92 valence electrons. The lowest BCUT2D eigenvalue weighted by atomic mass is 10.1. The first-order valence-corrected chi connectivity index (χ1v) is 6.46. The van der Waals surface area contributed by atoms with Crippen molar-refractivity contribution in [3.8, 4) is 0 Å². The summed E-state index contributed by atoms with van der Waals surface area (Å²) in [5, 5.41) is 3.58. The summed E-state index contributed by atoms with van der Waals surface area (Å²) in [4.78, 5) is 2.54. The van der Waals surface area contributed by atoms with E-state index < -0.39 is 0 Å². The van der Waals surface area contributed by atoms with E-state index in [1.54, 1.807) is 0 Å². The maximum atomic E-state index is 3.58. The molecule has 1 unspecified atom stereocenters. The van der Waals surface area contributed by atoms with Crippen molar-refractivity contribution in [1.82, 2.24) is 10.2 Å². The molecule has 1 N–H and O–H groups in total. The predicted molar refractivity (Wildman–Crippen MR) is 69.3 cm³/mol. The van der Waals surface area contributed by atoms with E-state index in [-0.39, 0.29) is 0 Å². The van der Waals surface area contributed by atoms with E-state index in [0.717, 1.165) is 12.5 Å². The van der Waals surface area contributed by atoms with Crippen LogP contribution < -0.4 is 5.32 Å². The van der Waals surface area contributed by atoms with E-state index in [9.17, 15) is 0 Å². The Hall–Kier alpha value is -0.0800. The Morgan fingerprint density at radius 2 is 1.60 bits per heavy atom. The SMILES string of the molecule is CCCN(CCNC(C)C(C)C)C(C)C. The van der Waals surface area contributed by atoms with Crippen LogP contribution in [0, 0.1) is 5.92 Å². The Kier molecular flexibility index (Phi) is 8.07. The molecule has 0 aliphatic heterocycles. The van der Waals surface area contributed by atoms with E-state index in [0.29, 0.717) is 12.1 Å². The van der Waals surface area contributed by atoms with Gasteiger partial charge in [-0.2, -0.15) is 0 Å². The van der Waals surface area contributed by atoms with Crippen LogP contribution in [0.5, 0.6) is 0 Å². The van der Waals surface area contributed by atoms with Crippen LogP contribution in [0.1, 0.15) is 48.0 Å². The molecule has 0 bridgehead atoms. The predicted octanol–water partition coefficient (Wildman–Crippen LogP) is 2.74. The second kappa shape index (κ2) is 8.12. The molecule has 0 amide bonds. The van der Waals surface area contributed by atoms with Gasteiger partial charge in [-0.3, -0.25) is 4.90 Å². The van der Waals surface area contributed by atoms with Crippen molar-refractivity contribution in [2.45, 2.75) is 60.0 Å². The van der Waals surface area contributed by atoms with Crippen molar-refractivity contribution in [1.29, 1.82) is 0 Å². The van der Waals surface area contributed by atoms with Gasteiger partial charge in [0.2, 0.25) is 0 Å². The van der Waals surface area contributed by atoms with Crippen molar-refractivity contribution in [2.75, 3.05) is 19.6 Å². The largest absolute Gasteiger partial charge is 0.313 e. The van der Waals surface area contributed by atoms with Crippen LogP contribution >= 0.6 is 0 Å². The molecule has 0 spiro atoms. The Labute approximate surface area is 96.4 Å². The van der Waals surface area contributed by atoms with Gasteiger partial charge >= 0.3 is 0 Å². The molecule has 0 rings (SSSR count). The Morgan fingerprint density at radius 1 is 1.00 bits per heavy atom.